The average Bonchev–Trinajstić information content (AvgIpc) is 2.85. The van der Waals surface area contributed by atoms with E-state index in [0.29, 0.717) is 0 Å². The zero-order chi connectivity index (χ0) is 10.5. The van der Waals surface area contributed by atoms with E-state index in [-0.39, 0.29) is 0 Å². The van der Waals surface area contributed by atoms with Crippen molar-refractivity contribution in [2.75, 3.05) is 0 Å². The molecule has 3 aromatic rings. The Kier molecular flexibility index (Phi) is 1.41. The van der Waals surface area contributed by atoms with E-state index in [1.165, 1.54) is 33.3 Å². The van der Waals surface area contributed by atoms with E-state index in [1.54, 1.807) is 0 Å². The highest BCUT2D eigenvalue weighted by molar-refractivity contribution is 5.96. The largest absolute Gasteiger partial charge is 0.354 e. The molecule has 0 bridgehead atoms. The summed E-state index contributed by atoms with van der Waals surface area (Å²) in [4.78, 5) is 3.50. The van der Waals surface area contributed by atoms with Crippen molar-refractivity contribution in [2.45, 2.75) is 0 Å². The summed E-state index contributed by atoms with van der Waals surface area (Å²) >= 11 is 0. The fourth-order valence-corrected chi connectivity index (χ4v) is 2.53. The number of fused-ring (bicyclic) bond motifs is 5. The van der Waals surface area contributed by atoms with Crippen LogP contribution in [0, 0.1) is 6.42 Å². The first-order valence-corrected chi connectivity index (χ1v) is 5.48. The molecule has 0 unspecified atom stereocenters. The highest BCUT2D eigenvalue weighted by Crippen LogP contribution is 2.41. The number of rotatable bonds is 0. The van der Waals surface area contributed by atoms with E-state index in [1.807, 2.05) is 0 Å². The smallest absolute Gasteiger partial charge is 0.0507 e. The van der Waals surface area contributed by atoms with Gasteiger partial charge in [-0.1, -0.05) is 42.5 Å². The predicted molar refractivity (Wildman–Crippen MR) is 66.2 cm³/mol. The summed E-state index contributed by atoms with van der Waals surface area (Å²) in [5.41, 5.74) is 6.44. The van der Waals surface area contributed by atoms with Gasteiger partial charge in [0.1, 0.15) is 0 Å². The molecule has 1 heterocycles. The van der Waals surface area contributed by atoms with E-state index >= 15 is 0 Å². The van der Waals surface area contributed by atoms with Crippen LogP contribution in [0.4, 0.5) is 0 Å². The van der Waals surface area contributed by atoms with Gasteiger partial charge in [-0.3, -0.25) is 0 Å². The SMILES string of the molecule is [CH]1c2ccccc2-c2[nH]c3ccccc3c21. The molecule has 1 N–H and O–H groups in total. The van der Waals surface area contributed by atoms with E-state index < -0.39 is 0 Å². The first-order chi connectivity index (χ1) is 7.93. The van der Waals surface area contributed by atoms with Crippen molar-refractivity contribution in [3.8, 4) is 11.3 Å². The second kappa shape index (κ2) is 2.76. The molecule has 0 fully saturated rings. The topological polar surface area (TPSA) is 15.8 Å². The molecule has 1 heteroatoms. The monoisotopic (exact) mass is 204 g/mol. The van der Waals surface area contributed by atoms with Gasteiger partial charge in [0.25, 0.3) is 0 Å². The Hall–Kier alpha value is -2.02. The summed E-state index contributed by atoms with van der Waals surface area (Å²) in [5.74, 6) is 0. The summed E-state index contributed by atoms with van der Waals surface area (Å²) in [6.45, 7) is 0. The van der Waals surface area contributed by atoms with E-state index in [0.717, 1.165) is 0 Å². The highest BCUT2D eigenvalue weighted by atomic mass is 14.7. The number of para-hydroxylation sites is 1. The lowest BCUT2D eigenvalue weighted by molar-refractivity contribution is 1.46. The number of hydrogen-bond donors (Lipinski definition) is 1. The molecule has 0 atom stereocenters. The summed E-state index contributed by atoms with van der Waals surface area (Å²) in [5, 5.41) is 1.31. The minimum Gasteiger partial charge on any atom is -0.354 e. The molecule has 75 valence electrons. The molecule has 2 aromatic carbocycles. The number of H-pyrrole nitrogens is 1. The van der Waals surface area contributed by atoms with Crippen LogP contribution in [0.15, 0.2) is 48.5 Å². The van der Waals surface area contributed by atoms with Gasteiger partial charge in [0.05, 0.1) is 5.69 Å². The van der Waals surface area contributed by atoms with Gasteiger partial charge in [0.15, 0.2) is 0 Å². The normalized spacial score (nSPS) is 12.8. The van der Waals surface area contributed by atoms with Crippen molar-refractivity contribution in [3.63, 3.8) is 0 Å². The lowest BCUT2D eigenvalue weighted by Gasteiger charge is -1.97. The molecule has 0 amide bonds. The van der Waals surface area contributed by atoms with Crippen LogP contribution in [-0.4, -0.2) is 4.98 Å². The third kappa shape index (κ3) is 0.904. The molecule has 0 saturated carbocycles. The van der Waals surface area contributed by atoms with Gasteiger partial charge in [-0.2, -0.15) is 0 Å². The lowest BCUT2D eigenvalue weighted by atomic mass is 10.1. The van der Waals surface area contributed by atoms with Gasteiger partial charge < -0.3 is 4.98 Å². The summed E-state index contributed by atoms with van der Waals surface area (Å²) in [7, 11) is 0. The van der Waals surface area contributed by atoms with Crippen LogP contribution in [0.5, 0.6) is 0 Å². The van der Waals surface area contributed by atoms with Crippen LogP contribution in [0.1, 0.15) is 11.1 Å². The Morgan fingerprint density at radius 1 is 0.812 bits per heavy atom. The van der Waals surface area contributed by atoms with Gasteiger partial charge in [-0.25, -0.2) is 0 Å². The molecule has 0 spiro atoms. The maximum Gasteiger partial charge on any atom is 0.0507 e. The molecule has 1 aromatic heterocycles. The fraction of sp³-hybridized carbons (Fsp3) is 0. The molecule has 1 nitrogen and oxygen atoms in total. The third-order valence-corrected chi connectivity index (χ3v) is 3.28. The highest BCUT2D eigenvalue weighted by Gasteiger charge is 2.22. The van der Waals surface area contributed by atoms with Crippen LogP contribution >= 0.6 is 0 Å². The van der Waals surface area contributed by atoms with Gasteiger partial charge >= 0.3 is 0 Å². The fourth-order valence-electron chi connectivity index (χ4n) is 2.53. The standard InChI is InChI=1S/C15H10N/c1-2-6-11-10(5-1)9-13-12-7-3-4-8-14(12)16-15(11)13/h1-9,16H. The number of aromatic amines is 1. The maximum absolute atomic E-state index is 3.50. The Morgan fingerprint density at radius 3 is 2.62 bits per heavy atom. The molecule has 1 aliphatic carbocycles. The van der Waals surface area contributed by atoms with Gasteiger partial charge in [0.2, 0.25) is 0 Å². The lowest BCUT2D eigenvalue weighted by Crippen LogP contribution is -1.78. The quantitative estimate of drug-likeness (QED) is 0.449. The zero-order valence-electron chi connectivity index (χ0n) is 8.70. The summed E-state index contributed by atoms with van der Waals surface area (Å²) in [6.07, 6.45) is 2.27. The Bertz CT molecular complexity index is 691. The second-order valence-electron chi connectivity index (χ2n) is 4.19. The third-order valence-electron chi connectivity index (χ3n) is 3.28. The van der Waals surface area contributed by atoms with Crippen LogP contribution in [0.3, 0.4) is 0 Å². The minimum atomic E-state index is 1.22. The average molecular weight is 204 g/mol. The second-order valence-corrected chi connectivity index (χ2v) is 4.19. The van der Waals surface area contributed by atoms with E-state index in [2.05, 4.69) is 59.9 Å². The summed E-state index contributed by atoms with van der Waals surface area (Å²) < 4.78 is 0. The predicted octanol–water partition coefficient (Wildman–Crippen LogP) is 3.75. The van der Waals surface area contributed by atoms with Crippen molar-refractivity contribution >= 4 is 10.9 Å². The molecule has 0 aliphatic heterocycles. The number of aromatic nitrogens is 1. The van der Waals surface area contributed by atoms with Crippen LogP contribution in [0.25, 0.3) is 22.2 Å². The van der Waals surface area contributed by atoms with Crippen molar-refractivity contribution < 1.29 is 0 Å². The van der Waals surface area contributed by atoms with Crippen molar-refractivity contribution in [1.29, 1.82) is 0 Å². The number of benzene rings is 2. The number of nitrogens with one attached hydrogen (secondary N) is 1. The molecule has 1 radical (unpaired) electrons. The zero-order valence-corrected chi connectivity index (χ0v) is 8.70. The van der Waals surface area contributed by atoms with Gasteiger partial charge in [-0.05, 0) is 17.2 Å². The molecule has 4 rings (SSSR count). The Balaban J connectivity index is 2.12. The van der Waals surface area contributed by atoms with E-state index in [4.69, 9.17) is 0 Å². The molecule has 0 saturated heterocycles. The molecular formula is C15H10N. The Labute approximate surface area is 93.7 Å². The molecule has 16 heavy (non-hydrogen) atoms. The van der Waals surface area contributed by atoms with Crippen LogP contribution in [-0.2, 0) is 0 Å². The maximum atomic E-state index is 3.50. The van der Waals surface area contributed by atoms with Crippen LogP contribution in [0.2, 0.25) is 0 Å². The van der Waals surface area contributed by atoms with E-state index in [9.17, 15) is 0 Å². The van der Waals surface area contributed by atoms with Crippen molar-refractivity contribution in [1.82, 2.24) is 4.98 Å². The summed E-state index contributed by atoms with van der Waals surface area (Å²) in [6, 6.07) is 17.0. The van der Waals surface area contributed by atoms with Crippen molar-refractivity contribution in [3.05, 3.63) is 66.1 Å². The van der Waals surface area contributed by atoms with Crippen LogP contribution < -0.4 is 0 Å². The van der Waals surface area contributed by atoms with Crippen molar-refractivity contribution in [2.24, 2.45) is 0 Å². The minimum absolute atomic E-state index is 1.22. The molecule has 1 aliphatic rings. The van der Waals surface area contributed by atoms with Gasteiger partial charge in [0, 0.05) is 22.9 Å². The number of hydrogen-bond acceptors (Lipinski definition) is 0. The first kappa shape index (κ1) is 8.17. The Morgan fingerprint density at radius 2 is 1.62 bits per heavy atom. The molecular weight excluding hydrogens is 194 g/mol. The first-order valence-electron chi connectivity index (χ1n) is 5.48. The van der Waals surface area contributed by atoms with Gasteiger partial charge in [-0.15, -0.1) is 0 Å².